The van der Waals surface area contributed by atoms with E-state index in [1.165, 1.54) is 0 Å². The van der Waals surface area contributed by atoms with Crippen molar-refractivity contribution in [3.05, 3.63) is 29.1 Å². The third kappa shape index (κ3) is 2.22. The zero-order valence-electron chi connectivity index (χ0n) is 8.81. The van der Waals surface area contributed by atoms with E-state index in [0.29, 0.717) is 31.5 Å². The smallest absolute Gasteiger partial charge is 0.416 e. The van der Waals surface area contributed by atoms with Crippen molar-refractivity contribution < 1.29 is 22.7 Å². The molecule has 0 bridgehead atoms. The number of hydrogen-bond acceptors (Lipinski definition) is 2. The molecule has 2 N–H and O–H groups in total. The number of hydrogen-bond donors (Lipinski definition) is 2. The van der Waals surface area contributed by atoms with Crippen molar-refractivity contribution >= 4 is 0 Å². The van der Waals surface area contributed by atoms with E-state index < -0.39 is 29.3 Å². The standard InChI is InChI=1S/C11H11F4NO/c12-7-4-3-6(11(13,14)15)9(10(7)17)8-2-1-5-16-8/h3-4,8,16-17H,1-2,5H2/t8-/m0/s1. The average Bonchev–Trinajstić information content (AvgIpc) is 2.73. The Morgan fingerprint density at radius 2 is 2.00 bits per heavy atom. The Hall–Kier alpha value is -1.30. The summed E-state index contributed by atoms with van der Waals surface area (Å²) in [6.45, 7) is 0.567. The van der Waals surface area contributed by atoms with E-state index in [4.69, 9.17) is 0 Å². The Balaban J connectivity index is 2.55. The van der Waals surface area contributed by atoms with E-state index in [1.54, 1.807) is 0 Å². The SMILES string of the molecule is Oc1c(F)ccc(C(F)(F)F)c1[C@@H]1CCCN1. The van der Waals surface area contributed by atoms with Gasteiger partial charge in [0.05, 0.1) is 5.56 Å². The lowest BCUT2D eigenvalue weighted by atomic mass is 9.97. The quantitative estimate of drug-likeness (QED) is 0.750. The van der Waals surface area contributed by atoms with Crippen LogP contribution in [0.25, 0.3) is 0 Å². The van der Waals surface area contributed by atoms with Gasteiger partial charge in [0.15, 0.2) is 11.6 Å². The molecule has 1 saturated heterocycles. The first-order valence-electron chi connectivity index (χ1n) is 5.23. The Bertz CT molecular complexity index is 424. The molecule has 0 unspecified atom stereocenters. The summed E-state index contributed by atoms with van der Waals surface area (Å²) < 4.78 is 51.4. The number of halogens is 4. The maximum absolute atomic E-state index is 13.2. The molecular formula is C11H11F4NO. The van der Waals surface area contributed by atoms with Gasteiger partial charge in [-0.05, 0) is 31.5 Å². The second-order valence-electron chi connectivity index (χ2n) is 4.00. The second-order valence-corrected chi connectivity index (χ2v) is 4.00. The molecule has 0 amide bonds. The van der Waals surface area contributed by atoms with Crippen LogP contribution in [0.5, 0.6) is 5.75 Å². The summed E-state index contributed by atoms with van der Waals surface area (Å²) in [5.74, 6) is -1.93. The molecule has 6 heteroatoms. The fourth-order valence-electron chi connectivity index (χ4n) is 2.11. The average molecular weight is 249 g/mol. The maximum Gasteiger partial charge on any atom is 0.416 e. The molecule has 1 atom stereocenters. The molecule has 0 spiro atoms. The van der Waals surface area contributed by atoms with Gasteiger partial charge in [0.25, 0.3) is 0 Å². The summed E-state index contributed by atoms with van der Waals surface area (Å²) in [4.78, 5) is 0. The highest BCUT2D eigenvalue weighted by atomic mass is 19.4. The first-order chi connectivity index (χ1) is 7.91. The third-order valence-corrected chi connectivity index (χ3v) is 2.88. The van der Waals surface area contributed by atoms with Crippen LogP contribution in [0.3, 0.4) is 0 Å². The minimum atomic E-state index is -4.59. The van der Waals surface area contributed by atoms with Crippen molar-refractivity contribution in [1.82, 2.24) is 5.32 Å². The molecule has 1 fully saturated rings. The van der Waals surface area contributed by atoms with Gasteiger partial charge in [-0.3, -0.25) is 0 Å². The van der Waals surface area contributed by atoms with Crippen LogP contribution in [0.15, 0.2) is 12.1 Å². The minimum absolute atomic E-state index is 0.380. The van der Waals surface area contributed by atoms with Gasteiger partial charge in [0, 0.05) is 11.6 Å². The summed E-state index contributed by atoms with van der Waals surface area (Å²) in [6, 6.07) is 0.670. The van der Waals surface area contributed by atoms with Gasteiger partial charge in [-0.15, -0.1) is 0 Å². The lowest BCUT2D eigenvalue weighted by Crippen LogP contribution is -2.19. The summed E-state index contributed by atoms with van der Waals surface area (Å²) in [5.41, 5.74) is -1.36. The van der Waals surface area contributed by atoms with Crippen LogP contribution in [0.4, 0.5) is 17.6 Å². The van der Waals surface area contributed by atoms with Gasteiger partial charge in [-0.2, -0.15) is 13.2 Å². The summed E-state index contributed by atoms with van der Waals surface area (Å²) in [7, 11) is 0. The van der Waals surface area contributed by atoms with Crippen molar-refractivity contribution in [1.29, 1.82) is 0 Å². The molecule has 2 rings (SSSR count). The molecule has 1 aromatic rings. The van der Waals surface area contributed by atoms with Gasteiger partial charge in [0.2, 0.25) is 0 Å². The summed E-state index contributed by atoms with van der Waals surface area (Å²) in [5, 5.41) is 12.3. The zero-order chi connectivity index (χ0) is 12.6. The van der Waals surface area contributed by atoms with E-state index in [1.807, 2.05) is 0 Å². The van der Waals surface area contributed by atoms with Gasteiger partial charge in [-0.25, -0.2) is 4.39 Å². The van der Waals surface area contributed by atoms with Crippen molar-refractivity contribution in [2.75, 3.05) is 6.54 Å². The Labute approximate surface area is 95.3 Å². The van der Waals surface area contributed by atoms with E-state index in [9.17, 15) is 22.7 Å². The van der Waals surface area contributed by atoms with Crippen molar-refractivity contribution in [2.24, 2.45) is 0 Å². The molecule has 0 radical (unpaired) electrons. The highest BCUT2D eigenvalue weighted by Gasteiger charge is 2.38. The molecule has 2 nitrogen and oxygen atoms in total. The van der Waals surface area contributed by atoms with Crippen molar-refractivity contribution in [2.45, 2.75) is 25.1 Å². The molecule has 0 saturated carbocycles. The highest BCUT2D eigenvalue weighted by molar-refractivity contribution is 5.44. The minimum Gasteiger partial charge on any atom is -0.505 e. The second kappa shape index (κ2) is 4.18. The number of rotatable bonds is 1. The number of alkyl halides is 3. The molecule has 0 aromatic heterocycles. The lowest BCUT2D eigenvalue weighted by Gasteiger charge is -2.19. The molecule has 1 aliphatic rings. The highest BCUT2D eigenvalue weighted by Crippen LogP contribution is 2.42. The van der Waals surface area contributed by atoms with Gasteiger partial charge in [0.1, 0.15) is 0 Å². The molecule has 0 aliphatic carbocycles. The lowest BCUT2D eigenvalue weighted by molar-refractivity contribution is -0.138. The topological polar surface area (TPSA) is 32.3 Å². The van der Waals surface area contributed by atoms with Crippen LogP contribution in [0.2, 0.25) is 0 Å². The fourth-order valence-corrected chi connectivity index (χ4v) is 2.11. The molecule has 1 heterocycles. The monoisotopic (exact) mass is 249 g/mol. The van der Waals surface area contributed by atoms with Crippen molar-refractivity contribution in [3.8, 4) is 5.75 Å². The zero-order valence-corrected chi connectivity index (χ0v) is 8.81. The van der Waals surface area contributed by atoms with E-state index in [-0.39, 0.29) is 5.56 Å². The van der Waals surface area contributed by atoms with Gasteiger partial charge < -0.3 is 10.4 Å². The number of phenolic OH excluding ortho intramolecular Hbond substituents is 1. The number of nitrogens with one attached hydrogen (secondary N) is 1. The molecule has 94 valence electrons. The molecule has 1 aliphatic heterocycles. The largest absolute Gasteiger partial charge is 0.505 e. The van der Waals surface area contributed by atoms with E-state index >= 15 is 0 Å². The van der Waals surface area contributed by atoms with Crippen LogP contribution < -0.4 is 5.32 Å². The first-order valence-corrected chi connectivity index (χ1v) is 5.23. The molecule has 17 heavy (non-hydrogen) atoms. The van der Waals surface area contributed by atoms with Crippen LogP contribution in [0.1, 0.15) is 30.0 Å². The Morgan fingerprint density at radius 1 is 1.29 bits per heavy atom. The summed E-state index contributed by atoms with van der Waals surface area (Å²) in [6.07, 6.45) is -3.43. The third-order valence-electron chi connectivity index (χ3n) is 2.88. The predicted molar refractivity (Wildman–Crippen MR) is 53.0 cm³/mol. The fraction of sp³-hybridized carbons (Fsp3) is 0.455. The van der Waals surface area contributed by atoms with Crippen molar-refractivity contribution in [3.63, 3.8) is 0 Å². The Morgan fingerprint density at radius 3 is 2.53 bits per heavy atom. The van der Waals surface area contributed by atoms with Crippen LogP contribution >= 0.6 is 0 Å². The van der Waals surface area contributed by atoms with Gasteiger partial charge >= 0.3 is 6.18 Å². The van der Waals surface area contributed by atoms with Crippen LogP contribution in [-0.4, -0.2) is 11.7 Å². The number of phenols is 1. The Kier molecular flexibility index (Phi) is 2.99. The molecular weight excluding hydrogens is 238 g/mol. The van der Waals surface area contributed by atoms with Crippen LogP contribution in [-0.2, 0) is 6.18 Å². The maximum atomic E-state index is 13.2. The molecule has 1 aromatic carbocycles. The van der Waals surface area contributed by atoms with Gasteiger partial charge in [-0.1, -0.05) is 0 Å². The number of benzene rings is 1. The van der Waals surface area contributed by atoms with E-state index in [2.05, 4.69) is 5.32 Å². The normalized spacial score (nSPS) is 20.8. The van der Waals surface area contributed by atoms with Crippen LogP contribution in [0, 0.1) is 5.82 Å². The van der Waals surface area contributed by atoms with E-state index in [0.717, 1.165) is 0 Å². The number of aromatic hydroxyl groups is 1. The summed E-state index contributed by atoms with van der Waals surface area (Å²) >= 11 is 0. The first kappa shape index (κ1) is 12.2. The predicted octanol–water partition coefficient (Wildman–Crippen LogP) is 2.97.